The number of fused-ring (bicyclic) bond motifs is 1. The summed E-state index contributed by atoms with van der Waals surface area (Å²) in [6.07, 6.45) is 3.13. The highest BCUT2D eigenvalue weighted by atomic mass is 35.5. The van der Waals surface area contributed by atoms with Gasteiger partial charge in [-0.1, -0.05) is 11.6 Å². The lowest BCUT2D eigenvalue weighted by Crippen LogP contribution is -2.21. The Morgan fingerprint density at radius 2 is 2.22 bits per heavy atom. The van der Waals surface area contributed by atoms with Crippen LogP contribution in [-0.4, -0.2) is 34.6 Å². The summed E-state index contributed by atoms with van der Waals surface area (Å²) in [5.74, 6) is 1.14. The van der Waals surface area contributed by atoms with Crippen molar-refractivity contribution in [3.8, 4) is 11.5 Å². The van der Waals surface area contributed by atoms with Gasteiger partial charge in [0.25, 0.3) is 0 Å². The Labute approximate surface area is 140 Å². The van der Waals surface area contributed by atoms with Crippen LogP contribution in [0.2, 0.25) is 5.02 Å². The SMILES string of the molecule is CCn1cc(CNCC(O)c2cc(Cl)c3c(c2)OCCO3)cn1. The first-order chi connectivity index (χ1) is 11.2. The molecular formula is C16H20ClN3O3. The van der Waals surface area contributed by atoms with Crippen LogP contribution in [0.3, 0.4) is 0 Å². The number of aliphatic hydroxyl groups is 1. The van der Waals surface area contributed by atoms with Gasteiger partial charge in [-0.25, -0.2) is 0 Å². The van der Waals surface area contributed by atoms with E-state index in [0.29, 0.717) is 48.4 Å². The third-order valence-electron chi connectivity index (χ3n) is 3.68. The van der Waals surface area contributed by atoms with Crippen LogP contribution in [0.15, 0.2) is 24.5 Å². The van der Waals surface area contributed by atoms with Crippen molar-refractivity contribution in [2.75, 3.05) is 19.8 Å². The first kappa shape index (κ1) is 16.1. The lowest BCUT2D eigenvalue weighted by atomic mass is 10.1. The first-order valence-corrected chi connectivity index (χ1v) is 8.04. The molecule has 2 heterocycles. The molecule has 0 saturated heterocycles. The lowest BCUT2D eigenvalue weighted by Gasteiger charge is -2.21. The highest BCUT2D eigenvalue weighted by Gasteiger charge is 2.19. The summed E-state index contributed by atoms with van der Waals surface area (Å²) in [6, 6.07) is 3.50. The van der Waals surface area contributed by atoms with Gasteiger partial charge >= 0.3 is 0 Å². The van der Waals surface area contributed by atoms with Crippen molar-refractivity contribution in [1.29, 1.82) is 0 Å². The second-order valence-corrected chi connectivity index (χ2v) is 5.79. The maximum Gasteiger partial charge on any atom is 0.179 e. The van der Waals surface area contributed by atoms with E-state index in [1.807, 2.05) is 24.0 Å². The molecule has 0 bridgehead atoms. The molecule has 0 spiro atoms. The molecule has 1 aromatic heterocycles. The topological polar surface area (TPSA) is 68.5 Å². The number of nitrogens with zero attached hydrogens (tertiary/aromatic N) is 2. The zero-order valence-electron chi connectivity index (χ0n) is 13.0. The predicted octanol–water partition coefficient (Wildman–Crippen LogP) is 2.15. The summed E-state index contributed by atoms with van der Waals surface area (Å²) >= 11 is 6.19. The molecule has 0 amide bonds. The van der Waals surface area contributed by atoms with Crippen molar-refractivity contribution < 1.29 is 14.6 Å². The minimum Gasteiger partial charge on any atom is -0.486 e. The van der Waals surface area contributed by atoms with Gasteiger partial charge in [-0.2, -0.15) is 5.10 Å². The molecule has 23 heavy (non-hydrogen) atoms. The normalized spacial score (nSPS) is 14.7. The number of hydrogen-bond acceptors (Lipinski definition) is 5. The van der Waals surface area contributed by atoms with Gasteiger partial charge in [0, 0.05) is 31.4 Å². The molecule has 124 valence electrons. The molecule has 0 radical (unpaired) electrons. The maximum absolute atomic E-state index is 10.3. The van der Waals surface area contributed by atoms with E-state index in [2.05, 4.69) is 10.4 Å². The van der Waals surface area contributed by atoms with E-state index in [9.17, 15) is 5.11 Å². The first-order valence-electron chi connectivity index (χ1n) is 7.66. The third kappa shape index (κ3) is 3.77. The highest BCUT2D eigenvalue weighted by Crippen LogP contribution is 2.39. The summed E-state index contributed by atoms with van der Waals surface area (Å²) in [5.41, 5.74) is 1.79. The average molecular weight is 338 g/mol. The molecule has 1 aliphatic rings. The average Bonchev–Trinajstić information content (AvgIpc) is 3.02. The molecule has 1 aromatic carbocycles. The van der Waals surface area contributed by atoms with E-state index in [-0.39, 0.29) is 0 Å². The molecule has 2 aromatic rings. The standard InChI is InChI=1S/C16H20ClN3O3/c1-2-20-10-11(8-19-20)7-18-9-14(21)12-5-13(17)16-15(6-12)22-3-4-23-16/h5-6,8,10,14,18,21H,2-4,7,9H2,1H3. The number of benzene rings is 1. The van der Waals surface area contributed by atoms with Crippen LogP contribution >= 0.6 is 11.6 Å². The Balaban J connectivity index is 1.59. The van der Waals surface area contributed by atoms with Gasteiger partial charge in [0.1, 0.15) is 13.2 Å². The monoisotopic (exact) mass is 337 g/mol. The fourth-order valence-corrected chi connectivity index (χ4v) is 2.74. The van der Waals surface area contributed by atoms with Crippen LogP contribution in [0.1, 0.15) is 24.2 Å². The van der Waals surface area contributed by atoms with Gasteiger partial charge < -0.3 is 19.9 Å². The molecule has 7 heteroatoms. The number of halogens is 1. The van der Waals surface area contributed by atoms with E-state index < -0.39 is 6.10 Å². The Kier molecular flexibility index (Phi) is 5.05. The molecule has 1 unspecified atom stereocenters. The zero-order chi connectivity index (χ0) is 16.2. The molecule has 0 saturated carbocycles. The van der Waals surface area contributed by atoms with Crippen molar-refractivity contribution in [3.05, 3.63) is 40.7 Å². The van der Waals surface area contributed by atoms with E-state index >= 15 is 0 Å². The number of rotatable bonds is 6. The van der Waals surface area contributed by atoms with Gasteiger partial charge in [-0.3, -0.25) is 4.68 Å². The Hall–Kier alpha value is -1.76. The molecule has 0 fully saturated rings. The molecule has 3 rings (SSSR count). The third-order valence-corrected chi connectivity index (χ3v) is 3.96. The van der Waals surface area contributed by atoms with Crippen molar-refractivity contribution in [3.63, 3.8) is 0 Å². The van der Waals surface area contributed by atoms with Crippen LogP contribution in [0.5, 0.6) is 11.5 Å². The van der Waals surface area contributed by atoms with E-state index in [0.717, 1.165) is 12.1 Å². The summed E-state index contributed by atoms with van der Waals surface area (Å²) in [4.78, 5) is 0. The smallest absolute Gasteiger partial charge is 0.179 e. The second kappa shape index (κ2) is 7.21. The number of aromatic nitrogens is 2. The van der Waals surface area contributed by atoms with Crippen LogP contribution < -0.4 is 14.8 Å². The fourth-order valence-electron chi connectivity index (χ4n) is 2.46. The zero-order valence-corrected chi connectivity index (χ0v) is 13.7. The van der Waals surface area contributed by atoms with Crippen molar-refractivity contribution in [2.45, 2.75) is 26.1 Å². The summed E-state index contributed by atoms with van der Waals surface area (Å²) in [5, 5.41) is 18.2. The Morgan fingerprint density at radius 1 is 1.39 bits per heavy atom. The quantitative estimate of drug-likeness (QED) is 0.845. The summed E-state index contributed by atoms with van der Waals surface area (Å²) in [6.45, 7) is 4.92. The molecule has 1 atom stereocenters. The number of aliphatic hydroxyl groups excluding tert-OH is 1. The minimum atomic E-state index is -0.676. The fraction of sp³-hybridized carbons (Fsp3) is 0.438. The van der Waals surface area contributed by atoms with E-state index in [1.54, 1.807) is 12.1 Å². The summed E-state index contributed by atoms with van der Waals surface area (Å²) < 4.78 is 12.9. The van der Waals surface area contributed by atoms with Crippen molar-refractivity contribution in [1.82, 2.24) is 15.1 Å². The summed E-state index contributed by atoms with van der Waals surface area (Å²) in [7, 11) is 0. The van der Waals surface area contributed by atoms with Crippen molar-refractivity contribution in [2.24, 2.45) is 0 Å². The van der Waals surface area contributed by atoms with E-state index in [4.69, 9.17) is 21.1 Å². The predicted molar refractivity (Wildman–Crippen MR) is 87.0 cm³/mol. The van der Waals surface area contributed by atoms with Gasteiger partial charge in [-0.05, 0) is 24.6 Å². The van der Waals surface area contributed by atoms with Crippen LogP contribution in [0.4, 0.5) is 0 Å². The van der Waals surface area contributed by atoms with Gasteiger partial charge in [0.05, 0.1) is 17.3 Å². The van der Waals surface area contributed by atoms with Crippen molar-refractivity contribution >= 4 is 11.6 Å². The minimum absolute atomic E-state index is 0.410. The van der Waals surface area contributed by atoms with E-state index in [1.165, 1.54) is 0 Å². The molecule has 6 nitrogen and oxygen atoms in total. The molecule has 0 aliphatic carbocycles. The van der Waals surface area contributed by atoms with Crippen LogP contribution in [0, 0.1) is 0 Å². The maximum atomic E-state index is 10.3. The molecule has 1 aliphatic heterocycles. The number of aryl methyl sites for hydroxylation is 1. The molecule has 2 N–H and O–H groups in total. The largest absolute Gasteiger partial charge is 0.486 e. The lowest BCUT2D eigenvalue weighted by molar-refractivity contribution is 0.163. The Morgan fingerprint density at radius 3 is 3.00 bits per heavy atom. The number of hydrogen-bond donors (Lipinski definition) is 2. The van der Waals surface area contributed by atoms with Gasteiger partial charge in [0.2, 0.25) is 0 Å². The second-order valence-electron chi connectivity index (χ2n) is 5.38. The number of nitrogens with one attached hydrogen (secondary N) is 1. The highest BCUT2D eigenvalue weighted by molar-refractivity contribution is 6.32. The van der Waals surface area contributed by atoms with Gasteiger partial charge in [0.15, 0.2) is 11.5 Å². The van der Waals surface area contributed by atoms with Gasteiger partial charge in [-0.15, -0.1) is 0 Å². The Bertz CT molecular complexity index is 675. The van der Waals surface area contributed by atoms with Crippen LogP contribution in [-0.2, 0) is 13.1 Å². The number of ether oxygens (including phenoxy) is 2. The van der Waals surface area contributed by atoms with Crippen LogP contribution in [0.25, 0.3) is 0 Å². The molecular weight excluding hydrogens is 318 g/mol.